The average molecular weight is 525 g/mol. The van der Waals surface area contributed by atoms with Crippen LogP contribution in [0.4, 0.5) is 0 Å². The lowest BCUT2D eigenvalue weighted by atomic mass is 10.1. The van der Waals surface area contributed by atoms with Crippen LogP contribution in [0, 0.1) is 0 Å². The van der Waals surface area contributed by atoms with Crippen molar-refractivity contribution in [3.63, 3.8) is 0 Å². The minimum Gasteiger partial charge on any atom is -0.490 e. The van der Waals surface area contributed by atoms with Crippen LogP contribution >= 0.6 is 0 Å². The Morgan fingerprint density at radius 3 is 2.41 bits per heavy atom. The van der Waals surface area contributed by atoms with E-state index in [1.54, 1.807) is 0 Å². The Morgan fingerprint density at radius 2 is 1.59 bits per heavy atom. The summed E-state index contributed by atoms with van der Waals surface area (Å²) in [6.45, 7) is 3.19. The molecular weight excluding hydrogens is 492 g/mol. The molecule has 1 fully saturated rings. The van der Waals surface area contributed by atoms with Gasteiger partial charge in [0.1, 0.15) is 18.5 Å². The molecule has 0 spiro atoms. The van der Waals surface area contributed by atoms with Crippen molar-refractivity contribution in [2.24, 2.45) is 0 Å². The molecule has 0 aliphatic carbocycles. The van der Waals surface area contributed by atoms with Crippen LogP contribution in [0.15, 0.2) is 72.8 Å². The lowest BCUT2D eigenvalue weighted by Gasteiger charge is -2.35. The molecule has 3 aromatic carbocycles. The summed E-state index contributed by atoms with van der Waals surface area (Å²) in [6, 6.07) is 23.6. The number of benzene rings is 3. The third-order valence-corrected chi connectivity index (χ3v) is 7.51. The highest BCUT2D eigenvalue weighted by atomic mass is 16.5. The fourth-order valence-corrected chi connectivity index (χ4v) is 5.44. The molecule has 5 aromatic rings. The van der Waals surface area contributed by atoms with E-state index in [4.69, 9.17) is 4.74 Å². The number of fused-ring (bicyclic) bond motifs is 4. The number of hydrogen-bond donors (Lipinski definition) is 3. The van der Waals surface area contributed by atoms with E-state index >= 15 is 0 Å². The maximum atomic E-state index is 12.7. The number of ketones is 1. The van der Waals surface area contributed by atoms with Crippen LogP contribution < -0.4 is 4.74 Å². The van der Waals surface area contributed by atoms with Crippen molar-refractivity contribution in [2.45, 2.75) is 18.9 Å². The van der Waals surface area contributed by atoms with E-state index in [9.17, 15) is 14.7 Å². The topological polar surface area (TPSA) is 102 Å². The third-order valence-electron chi connectivity index (χ3n) is 7.51. The number of piperazine rings is 1. The number of aliphatic hydroxyl groups is 1. The first-order valence-corrected chi connectivity index (χ1v) is 13.5. The molecule has 0 bridgehead atoms. The highest BCUT2D eigenvalue weighted by Crippen LogP contribution is 2.33. The Kier molecular flexibility index (Phi) is 7.04. The first-order chi connectivity index (χ1) is 19.0. The van der Waals surface area contributed by atoms with Gasteiger partial charge in [0.2, 0.25) is 5.91 Å². The van der Waals surface area contributed by atoms with Gasteiger partial charge in [-0.25, -0.2) is 0 Å². The summed E-state index contributed by atoms with van der Waals surface area (Å²) < 4.78 is 6.06. The molecule has 1 atom stereocenters. The number of amides is 1. The van der Waals surface area contributed by atoms with E-state index in [0.717, 1.165) is 38.5 Å². The number of carbonyl (C=O) groups excluding carboxylic acids is 2. The van der Waals surface area contributed by atoms with Crippen molar-refractivity contribution in [2.75, 3.05) is 39.3 Å². The second kappa shape index (κ2) is 10.9. The number of carbonyl (C=O) groups is 2. The normalized spacial score (nSPS) is 15.3. The molecule has 2 aromatic heterocycles. The van der Waals surface area contributed by atoms with Gasteiger partial charge in [0, 0.05) is 72.8 Å². The van der Waals surface area contributed by atoms with Crippen molar-refractivity contribution in [1.82, 2.24) is 19.8 Å². The molecule has 1 aliphatic rings. The second-order valence-electron chi connectivity index (χ2n) is 10.2. The summed E-state index contributed by atoms with van der Waals surface area (Å²) >= 11 is 0. The predicted molar refractivity (Wildman–Crippen MR) is 152 cm³/mol. The van der Waals surface area contributed by atoms with Gasteiger partial charge in [-0.15, -0.1) is 0 Å². The average Bonchev–Trinajstić information content (AvgIpc) is 3.57. The monoisotopic (exact) mass is 524 g/mol. The Bertz CT molecular complexity index is 1600. The molecule has 8 nitrogen and oxygen atoms in total. The van der Waals surface area contributed by atoms with Crippen LogP contribution in [0.25, 0.3) is 32.7 Å². The molecular formula is C31H32N4O4. The number of Topliss-reactive ketones (excluding diaryl/α,β-unsaturated/α-hetero) is 1. The van der Waals surface area contributed by atoms with Gasteiger partial charge in [0.05, 0.1) is 11.2 Å². The number of H-pyrrole nitrogens is 2. The minimum atomic E-state index is -0.651. The molecule has 6 rings (SSSR count). The quantitative estimate of drug-likeness (QED) is 0.249. The zero-order valence-corrected chi connectivity index (χ0v) is 21.7. The van der Waals surface area contributed by atoms with Crippen LogP contribution in [0.5, 0.6) is 5.75 Å². The highest BCUT2D eigenvalue weighted by Gasteiger charge is 2.24. The molecule has 3 heterocycles. The van der Waals surface area contributed by atoms with Crippen molar-refractivity contribution >= 4 is 44.4 Å². The summed E-state index contributed by atoms with van der Waals surface area (Å²) in [5, 5.41) is 13.8. The maximum Gasteiger partial charge on any atom is 0.223 e. The molecule has 3 N–H and O–H groups in total. The van der Waals surface area contributed by atoms with E-state index in [-0.39, 0.29) is 31.1 Å². The molecule has 0 radical (unpaired) electrons. The number of rotatable bonds is 9. The zero-order chi connectivity index (χ0) is 26.8. The molecule has 39 heavy (non-hydrogen) atoms. The molecule has 1 unspecified atom stereocenters. The van der Waals surface area contributed by atoms with Crippen LogP contribution in [0.2, 0.25) is 0 Å². The summed E-state index contributed by atoms with van der Waals surface area (Å²) in [5.74, 6) is 0.695. The fraction of sp³-hybridized carbons (Fsp3) is 0.290. The number of hydrogen-bond acceptors (Lipinski definition) is 5. The second-order valence-corrected chi connectivity index (χ2v) is 10.2. The number of aromatic amines is 2. The number of ether oxygens (including phenoxy) is 1. The number of nitrogens with zero attached hydrogens (tertiary/aromatic N) is 2. The number of aliphatic hydroxyl groups excluding tert-OH is 1. The van der Waals surface area contributed by atoms with Gasteiger partial charge in [0.15, 0.2) is 5.78 Å². The number of nitrogens with one attached hydrogen (secondary N) is 2. The Balaban J connectivity index is 0.961. The first-order valence-electron chi connectivity index (χ1n) is 13.5. The summed E-state index contributed by atoms with van der Waals surface area (Å²) in [5.41, 5.74) is 3.53. The SMILES string of the molecule is O=C(CCC(=O)N1CCN(CC(O)COc2cccc3[nH]c4ccccc4c23)CC1)c1cc2ccccc2[nH]1. The number of β-amino-alcohol motifs (C(OH)–C–C–N with tert-alkyl or cyclic N) is 1. The van der Waals surface area contributed by atoms with E-state index in [2.05, 4.69) is 20.9 Å². The van der Waals surface area contributed by atoms with Gasteiger partial charge >= 0.3 is 0 Å². The lowest BCUT2D eigenvalue weighted by molar-refractivity contribution is -0.133. The van der Waals surface area contributed by atoms with Gasteiger partial charge < -0.3 is 24.7 Å². The largest absolute Gasteiger partial charge is 0.490 e. The minimum absolute atomic E-state index is 0.00480. The van der Waals surface area contributed by atoms with Crippen molar-refractivity contribution in [1.29, 1.82) is 0 Å². The van der Waals surface area contributed by atoms with Crippen molar-refractivity contribution in [3.05, 3.63) is 78.5 Å². The Labute approximate surface area is 226 Å². The first kappa shape index (κ1) is 25.2. The Morgan fingerprint density at radius 1 is 0.846 bits per heavy atom. The number of para-hydroxylation sites is 2. The van der Waals surface area contributed by atoms with Crippen molar-refractivity contribution in [3.8, 4) is 5.75 Å². The van der Waals surface area contributed by atoms with Gasteiger partial charge in [-0.3, -0.25) is 14.5 Å². The van der Waals surface area contributed by atoms with Gasteiger partial charge in [0.25, 0.3) is 0 Å². The molecule has 200 valence electrons. The smallest absolute Gasteiger partial charge is 0.223 e. The third kappa shape index (κ3) is 5.39. The highest BCUT2D eigenvalue weighted by molar-refractivity contribution is 6.10. The van der Waals surface area contributed by atoms with E-state index in [1.165, 1.54) is 0 Å². The molecule has 1 amide bonds. The fourth-order valence-electron chi connectivity index (χ4n) is 5.44. The molecule has 1 saturated heterocycles. The van der Waals surface area contributed by atoms with Crippen LogP contribution in [0.1, 0.15) is 23.3 Å². The van der Waals surface area contributed by atoms with Crippen molar-refractivity contribution < 1.29 is 19.4 Å². The van der Waals surface area contributed by atoms with Gasteiger partial charge in [-0.1, -0.05) is 42.5 Å². The van der Waals surface area contributed by atoms with Crippen LogP contribution in [0.3, 0.4) is 0 Å². The van der Waals surface area contributed by atoms with Crippen LogP contribution in [-0.4, -0.2) is 82.0 Å². The zero-order valence-electron chi connectivity index (χ0n) is 21.7. The molecule has 0 saturated carbocycles. The summed E-state index contributed by atoms with van der Waals surface area (Å²) in [7, 11) is 0. The molecule has 1 aliphatic heterocycles. The number of aromatic nitrogens is 2. The van der Waals surface area contributed by atoms with Crippen LogP contribution in [-0.2, 0) is 4.79 Å². The molecule has 8 heteroatoms. The Hall–Kier alpha value is -4.14. The maximum absolute atomic E-state index is 12.7. The van der Waals surface area contributed by atoms with Gasteiger partial charge in [-0.2, -0.15) is 0 Å². The van der Waals surface area contributed by atoms with E-state index < -0.39 is 6.10 Å². The standard InChI is InChI=1S/C31H32N4O4/c36-22(20-39-29-11-5-10-26-31(29)23-7-2-4-9-25(23)33-26)19-34-14-16-35(17-15-34)30(38)13-12-28(37)27-18-21-6-1-3-8-24(21)32-27/h1-11,18,22,32-33,36H,12-17,19-20H2. The van der Waals surface area contributed by atoms with E-state index in [0.29, 0.717) is 38.4 Å². The summed E-state index contributed by atoms with van der Waals surface area (Å²) in [6.07, 6.45) is -0.267. The lowest BCUT2D eigenvalue weighted by Crippen LogP contribution is -2.51. The van der Waals surface area contributed by atoms with E-state index in [1.807, 2.05) is 71.6 Å². The van der Waals surface area contributed by atoms with Gasteiger partial charge in [-0.05, 0) is 30.3 Å². The summed E-state index contributed by atoms with van der Waals surface area (Å²) in [4.78, 5) is 35.9. The predicted octanol–water partition coefficient (Wildman–Crippen LogP) is 4.35.